The van der Waals surface area contributed by atoms with Crippen LogP contribution in [-0.2, 0) is 27.9 Å². The largest absolute Gasteiger partial charge is 0.472 e. The lowest BCUT2D eigenvalue weighted by Gasteiger charge is -2.15. The zero-order chi connectivity index (χ0) is 42.5. The van der Waals surface area contributed by atoms with Gasteiger partial charge in [0.2, 0.25) is 5.91 Å². The van der Waals surface area contributed by atoms with Crippen LogP contribution in [0, 0.1) is 0 Å². The molecule has 0 fully saturated rings. The van der Waals surface area contributed by atoms with E-state index in [1.807, 2.05) is 0 Å². The second-order valence-electron chi connectivity index (χ2n) is 16.4. The molecular weight excluding hydrogens is 750 g/mol. The fraction of sp³-hybridized carbons (Fsp3) is 0.875. The van der Waals surface area contributed by atoms with Crippen LogP contribution in [0.25, 0.3) is 0 Å². The number of nitrogens with one attached hydrogen (secondary N) is 1. The lowest BCUT2D eigenvalue weighted by Crippen LogP contribution is -2.27. The molecule has 0 aliphatic rings. The molecule has 0 aromatic heterocycles. The van der Waals surface area contributed by atoms with E-state index in [9.17, 15) is 24.2 Å². The summed E-state index contributed by atoms with van der Waals surface area (Å²) in [5.41, 5.74) is 0. The van der Waals surface area contributed by atoms with E-state index in [-0.39, 0.29) is 32.1 Å². The maximum atomic E-state index is 12.1. The van der Waals surface area contributed by atoms with Crippen LogP contribution in [-0.4, -0.2) is 54.3 Å². The van der Waals surface area contributed by atoms with Crippen LogP contribution in [0.15, 0.2) is 24.3 Å². The van der Waals surface area contributed by atoms with Crippen molar-refractivity contribution >= 4 is 19.7 Å². The third-order valence-corrected chi connectivity index (χ3v) is 11.6. The van der Waals surface area contributed by atoms with Gasteiger partial charge in [0, 0.05) is 19.4 Å². The predicted octanol–water partition coefficient (Wildman–Crippen LogP) is 13.9. The van der Waals surface area contributed by atoms with Gasteiger partial charge in [-0.05, 0) is 44.9 Å². The summed E-state index contributed by atoms with van der Waals surface area (Å²) in [6.45, 7) is 3.55. The zero-order valence-corrected chi connectivity index (χ0v) is 38.6. The number of carbonyl (C=O) groups is 2. The summed E-state index contributed by atoms with van der Waals surface area (Å²) in [4.78, 5) is 34.0. The van der Waals surface area contributed by atoms with Gasteiger partial charge >= 0.3 is 13.8 Å². The molecule has 2 atom stereocenters. The van der Waals surface area contributed by atoms with E-state index >= 15 is 0 Å². The molecule has 0 aromatic carbocycles. The van der Waals surface area contributed by atoms with Crippen molar-refractivity contribution in [2.75, 3.05) is 26.4 Å². The predicted molar refractivity (Wildman–Crippen MR) is 243 cm³/mol. The van der Waals surface area contributed by atoms with Gasteiger partial charge in [-0.3, -0.25) is 18.6 Å². The van der Waals surface area contributed by atoms with Crippen LogP contribution in [0.2, 0.25) is 0 Å². The molecule has 58 heavy (non-hydrogen) atoms. The second kappa shape index (κ2) is 45.0. The van der Waals surface area contributed by atoms with E-state index in [0.29, 0.717) is 6.42 Å². The third kappa shape index (κ3) is 45.6. The maximum Gasteiger partial charge on any atom is 0.472 e. The summed E-state index contributed by atoms with van der Waals surface area (Å²) >= 11 is 0. The highest BCUT2D eigenvalue weighted by Gasteiger charge is 2.23. The number of esters is 1. The first-order chi connectivity index (χ1) is 28.3. The van der Waals surface area contributed by atoms with Gasteiger partial charge in [0.15, 0.2) is 0 Å². The Balaban J connectivity index is 3.54. The lowest BCUT2D eigenvalue weighted by molar-refractivity contribution is -0.147. The Morgan fingerprint density at radius 3 is 1.41 bits per heavy atom. The first-order valence-corrected chi connectivity index (χ1v) is 25.8. The molecule has 0 heterocycles. The maximum absolute atomic E-state index is 12.1. The van der Waals surface area contributed by atoms with Crippen LogP contribution in [0.1, 0.15) is 239 Å². The molecule has 0 saturated heterocycles. The molecule has 0 radical (unpaired) electrons. The molecule has 10 heteroatoms. The van der Waals surface area contributed by atoms with Crippen LogP contribution in [0.5, 0.6) is 0 Å². The molecule has 2 unspecified atom stereocenters. The summed E-state index contributed by atoms with van der Waals surface area (Å²) in [6, 6.07) is 0. The number of aliphatic hydroxyl groups is 1. The van der Waals surface area contributed by atoms with Crippen molar-refractivity contribution < 1.29 is 37.9 Å². The third-order valence-electron chi connectivity index (χ3n) is 10.6. The number of aliphatic hydroxyl groups excluding tert-OH is 1. The molecule has 0 bridgehead atoms. The van der Waals surface area contributed by atoms with Gasteiger partial charge in [0.25, 0.3) is 0 Å². The number of unbranched alkanes of at least 4 members (excludes halogenated alkanes) is 29. The van der Waals surface area contributed by atoms with Gasteiger partial charge in [0.1, 0.15) is 12.7 Å². The molecule has 0 saturated carbocycles. The Kier molecular flexibility index (Phi) is 43.9. The molecule has 342 valence electrons. The number of phosphoric ester groups is 1. The Labute approximate surface area is 357 Å². The molecule has 0 spiro atoms. The van der Waals surface area contributed by atoms with E-state index in [1.54, 1.807) is 0 Å². The van der Waals surface area contributed by atoms with Gasteiger partial charge < -0.3 is 20.1 Å². The van der Waals surface area contributed by atoms with E-state index in [0.717, 1.165) is 64.2 Å². The average Bonchev–Trinajstić information content (AvgIpc) is 3.21. The van der Waals surface area contributed by atoms with Crippen LogP contribution in [0.3, 0.4) is 0 Å². The first kappa shape index (κ1) is 56.5. The highest BCUT2D eigenvalue weighted by Crippen LogP contribution is 2.42. The summed E-state index contributed by atoms with van der Waals surface area (Å²) in [7, 11) is -4.42. The fourth-order valence-electron chi connectivity index (χ4n) is 6.94. The monoisotopic (exact) mass is 842 g/mol. The minimum absolute atomic E-state index is 0.0761. The Bertz CT molecular complexity index is 1010. The van der Waals surface area contributed by atoms with Crippen molar-refractivity contribution in [2.45, 2.75) is 245 Å². The number of allylic oxidation sites excluding steroid dienone is 4. The van der Waals surface area contributed by atoms with Gasteiger partial charge in [-0.2, -0.15) is 0 Å². The molecular formula is C48H92NO8P. The SMILES string of the molecule is CCCCC/C=C\C/C=C\CCCCCCCC(=O)NCCOP(=O)(O)OCC(O)COC(=O)CCCCCCCCCCCCCCCCCCCCCCCC. The molecule has 3 N–H and O–H groups in total. The van der Waals surface area contributed by atoms with Crippen molar-refractivity contribution in [1.29, 1.82) is 0 Å². The summed E-state index contributed by atoms with van der Waals surface area (Å²) < 4.78 is 26.9. The van der Waals surface area contributed by atoms with Gasteiger partial charge in [-0.15, -0.1) is 0 Å². The molecule has 0 aliphatic carbocycles. The van der Waals surface area contributed by atoms with Crippen LogP contribution in [0.4, 0.5) is 0 Å². The normalized spacial score (nSPS) is 13.4. The van der Waals surface area contributed by atoms with Crippen molar-refractivity contribution in [2.24, 2.45) is 0 Å². The number of rotatable bonds is 46. The second-order valence-corrected chi connectivity index (χ2v) is 17.9. The number of carbonyl (C=O) groups excluding carboxylic acids is 2. The topological polar surface area (TPSA) is 131 Å². The van der Waals surface area contributed by atoms with Crippen molar-refractivity contribution in [3.05, 3.63) is 24.3 Å². The smallest absolute Gasteiger partial charge is 0.463 e. The van der Waals surface area contributed by atoms with Crippen molar-refractivity contribution in [3.63, 3.8) is 0 Å². The number of hydrogen-bond donors (Lipinski definition) is 3. The van der Waals surface area contributed by atoms with Gasteiger partial charge in [-0.1, -0.05) is 205 Å². The van der Waals surface area contributed by atoms with Gasteiger partial charge in [-0.25, -0.2) is 4.57 Å². The van der Waals surface area contributed by atoms with E-state index in [2.05, 4.69) is 43.5 Å². The summed E-state index contributed by atoms with van der Waals surface area (Å²) in [5.74, 6) is -0.521. The van der Waals surface area contributed by atoms with Crippen LogP contribution >= 0.6 is 7.82 Å². The van der Waals surface area contributed by atoms with Crippen molar-refractivity contribution in [3.8, 4) is 0 Å². The first-order valence-electron chi connectivity index (χ1n) is 24.3. The lowest BCUT2D eigenvalue weighted by atomic mass is 10.0. The Morgan fingerprint density at radius 2 is 0.931 bits per heavy atom. The summed E-state index contributed by atoms with van der Waals surface area (Å²) in [6.07, 6.45) is 49.7. The molecule has 0 aromatic rings. The highest BCUT2D eigenvalue weighted by atomic mass is 31.2. The molecule has 1 amide bonds. The number of phosphoric acid groups is 1. The highest BCUT2D eigenvalue weighted by molar-refractivity contribution is 7.47. The quantitative estimate of drug-likeness (QED) is 0.0239. The van der Waals surface area contributed by atoms with E-state index in [4.69, 9.17) is 13.8 Å². The average molecular weight is 842 g/mol. The molecule has 0 rings (SSSR count). The minimum atomic E-state index is -4.42. The minimum Gasteiger partial charge on any atom is -0.463 e. The van der Waals surface area contributed by atoms with Crippen molar-refractivity contribution in [1.82, 2.24) is 5.32 Å². The Morgan fingerprint density at radius 1 is 0.534 bits per heavy atom. The number of ether oxygens (including phenoxy) is 1. The zero-order valence-electron chi connectivity index (χ0n) is 37.8. The van der Waals surface area contributed by atoms with Crippen LogP contribution < -0.4 is 5.32 Å². The Hall–Kier alpha value is -1.51. The van der Waals surface area contributed by atoms with E-state index < -0.39 is 26.5 Å². The van der Waals surface area contributed by atoms with E-state index in [1.165, 1.54) is 148 Å². The fourth-order valence-corrected chi connectivity index (χ4v) is 7.70. The summed E-state index contributed by atoms with van der Waals surface area (Å²) in [5, 5.41) is 12.7. The standard InChI is InChI=1S/C48H92NO8P/c1-3-5-7-9-11-13-15-17-19-20-21-22-23-24-25-27-29-31-33-35-37-39-41-48(52)55-44-46(50)45-57-58(53,54)56-43-42-49-47(51)40-38-36-34-32-30-28-26-18-16-14-12-10-8-6-4-2/h12,14,18,26,46,50H,3-11,13,15-17,19-25,27-45H2,1-2H3,(H,49,51)(H,53,54)/b14-12-,26-18-. The van der Waals surface area contributed by atoms with Gasteiger partial charge in [0.05, 0.1) is 13.2 Å². The molecule has 9 nitrogen and oxygen atoms in total. The molecule has 0 aliphatic heterocycles. The number of amides is 1. The number of hydrogen-bond acceptors (Lipinski definition) is 7.